The molecule has 0 aliphatic carbocycles. The van der Waals surface area contributed by atoms with Crippen molar-refractivity contribution in [2.45, 2.75) is 207 Å². The van der Waals surface area contributed by atoms with Crippen molar-refractivity contribution in [1.82, 2.24) is 0 Å². The molecule has 0 aliphatic heterocycles. The van der Waals surface area contributed by atoms with Gasteiger partial charge in [-0.05, 0) is 11.8 Å². The van der Waals surface area contributed by atoms with E-state index in [1.54, 1.807) is 0 Å². The van der Waals surface area contributed by atoms with Crippen molar-refractivity contribution in [3.63, 3.8) is 0 Å². The van der Waals surface area contributed by atoms with Crippen LogP contribution in [0, 0.1) is 11.8 Å². The van der Waals surface area contributed by atoms with Crippen LogP contribution in [0.15, 0.2) is 0 Å². The van der Waals surface area contributed by atoms with Gasteiger partial charge in [0.1, 0.15) is 0 Å². The van der Waals surface area contributed by atoms with Crippen LogP contribution in [-0.4, -0.2) is 0 Å². The maximum absolute atomic E-state index is 2.50. The highest BCUT2D eigenvalue weighted by atomic mass is 14.1. The van der Waals surface area contributed by atoms with Gasteiger partial charge in [-0.1, -0.05) is 207 Å². The molecular formula is C34H70. The van der Waals surface area contributed by atoms with E-state index in [1.165, 1.54) is 180 Å². The molecule has 34 heavy (non-hydrogen) atoms. The number of unbranched alkanes of at least 4 members (excludes halogenated alkanes) is 21. The van der Waals surface area contributed by atoms with Crippen LogP contribution in [0.3, 0.4) is 0 Å². The Bertz CT molecular complexity index is 346. The Morgan fingerprint density at radius 3 is 0.647 bits per heavy atom. The summed E-state index contributed by atoms with van der Waals surface area (Å²) in [7, 11) is 0. The van der Waals surface area contributed by atoms with Crippen LogP contribution in [0.5, 0.6) is 0 Å². The molecule has 0 fully saturated rings. The van der Waals surface area contributed by atoms with E-state index in [2.05, 4.69) is 27.7 Å². The fourth-order valence-corrected chi connectivity index (χ4v) is 5.59. The van der Waals surface area contributed by atoms with E-state index in [0.717, 1.165) is 11.8 Å². The minimum Gasteiger partial charge on any atom is -0.0654 e. The maximum Gasteiger partial charge on any atom is -0.0443 e. The van der Waals surface area contributed by atoms with Crippen LogP contribution in [0.25, 0.3) is 0 Å². The van der Waals surface area contributed by atoms with E-state index in [4.69, 9.17) is 0 Å². The summed E-state index contributed by atoms with van der Waals surface area (Å²) in [6.45, 7) is 9.61. The van der Waals surface area contributed by atoms with Crippen molar-refractivity contribution in [2.24, 2.45) is 11.8 Å². The lowest BCUT2D eigenvalue weighted by Crippen LogP contribution is -1.96. The van der Waals surface area contributed by atoms with Gasteiger partial charge in [0, 0.05) is 0 Å². The Morgan fingerprint density at radius 2 is 0.441 bits per heavy atom. The summed E-state index contributed by atoms with van der Waals surface area (Å²) < 4.78 is 0. The Kier molecular flexibility index (Phi) is 29.2. The SMILES string of the molecule is CCCCCCCCCCCCC(C)CCCCCCCCCC(C)CCCCCCCCC. The molecule has 0 aromatic carbocycles. The average molecular weight is 479 g/mol. The molecule has 0 saturated heterocycles. The average Bonchev–Trinajstić information content (AvgIpc) is 2.83. The van der Waals surface area contributed by atoms with Gasteiger partial charge in [-0.25, -0.2) is 0 Å². The normalized spacial score (nSPS) is 13.4. The molecule has 0 N–H and O–H groups in total. The molecule has 0 rings (SSSR count). The number of rotatable bonds is 29. The van der Waals surface area contributed by atoms with Gasteiger partial charge in [-0.2, -0.15) is 0 Å². The van der Waals surface area contributed by atoms with Crippen LogP contribution >= 0.6 is 0 Å². The van der Waals surface area contributed by atoms with Crippen LogP contribution in [0.1, 0.15) is 207 Å². The Hall–Kier alpha value is 0. The zero-order valence-corrected chi connectivity index (χ0v) is 25.0. The Labute approximate surface area is 219 Å². The summed E-state index contributed by atoms with van der Waals surface area (Å²) in [4.78, 5) is 0. The first-order chi connectivity index (χ1) is 16.7. The zero-order valence-electron chi connectivity index (χ0n) is 25.0. The summed E-state index contributed by atoms with van der Waals surface area (Å²) in [6, 6.07) is 0. The first kappa shape index (κ1) is 34.0. The lowest BCUT2D eigenvalue weighted by molar-refractivity contribution is 0.422. The summed E-state index contributed by atoms with van der Waals surface area (Å²) in [5.74, 6) is 1.93. The molecule has 0 amide bonds. The monoisotopic (exact) mass is 479 g/mol. The van der Waals surface area contributed by atoms with Gasteiger partial charge in [0.25, 0.3) is 0 Å². The second-order valence-electron chi connectivity index (χ2n) is 12.1. The molecule has 0 spiro atoms. The largest absolute Gasteiger partial charge is 0.0654 e. The second-order valence-corrected chi connectivity index (χ2v) is 12.1. The summed E-state index contributed by atoms with van der Waals surface area (Å²) in [5, 5.41) is 0. The first-order valence-corrected chi connectivity index (χ1v) is 16.7. The second kappa shape index (κ2) is 29.2. The third kappa shape index (κ3) is 28.2. The highest BCUT2D eigenvalue weighted by Gasteiger charge is 2.04. The molecule has 0 bridgehead atoms. The fraction of sp³-hybridized carbons (Fsp3) is 1.00. The molecule has 0 heterocycles. The predicted octanol–water partition coefficient (Wildman–Crippen LogP) is 13.2. The predicted molar refractivity (Wildman–Crippen MR) is 159 cm³/mol. The topological polar surface area (TPSA) is 0 Å². The third-order valence-electron chi connectivity index (χ3n) is 8.24. The van der Waals surface area contributed by atoms with Crippen molar-refractivity contribution in [3.05, 3.63) is 0 Å². The highest BCUT2D eigenvalue weighted by Crippen LogP contribution is 2.21. The molecule has 0 radical (unpaired) electrons. The Balaban J connectivity index is 3.23. The van der Waals surface area contributed by atoms with Crippen molar-refractivity contribution in [1.29, 1.82) is 0 Å². The molecular weight excluding hydrogens is 408 g/mol. The van der Waals surface area contributed by atoms with Crippen molar-refractivity contribution >= 4 is 0 Å². The summed E-state index contributed by atoms with van der Waals surface area (Å²) in [6.07, 6.45) is 41.1. The molecule has 206 valence electrons. The van der Waals surface area contributed by atoms with E-state index in [1.807, 2.05) is 0 Å². The lowest BCUT2D eigenvalue weighted by Gasteiger charge is -2.12. The van der Waals surface area contributed by atoms with Crippen molar-refractivity contribution in [3.8, 4) is 0 Å². The third-order valence-corrected chi connectivity index (χ3v) is 8.24. The number of hydrogen-bond donors (Lipinski definition) is 0. The van der Waals surface area contributed by atoms with Gasteiger partial charge in [0.05, 0.1) is 0 Å². The Morgan fingerprint density at radius 1 is 0.265 bits per heavy atom. The molecule has 0 aliphatic rings. The van der Waals surface area contributed by atoms with Crippen LogP contribution < -0.4 is 0 Å². The van der Waals surface area contributed by atoms with E-state index < -0.39 is 0 Å². The highest BCUT2D eigenvalue weighted by molar-refractivity contribution is 4.58. The van der Waals surface area contributed by atoms with Gasteiger partial charge >= 0.3 is 0 Å². The minimum absolute atomic E-state index is 0.965. The van der Waals surface area contributed by atoms with Gasteiger partial charge < -0.3 is 0 Å². The van der Waals surface area contributed by atoms with Gasteiger partial charge in [0.2, 0.25) is 0 Å². The zero-order chi connectivity index (χ0) is 25.0. The number of hydrogen-bond acceptors (Lipinski definition) is 0. The van der Waals surface area contributed by atoms with Crippen LogP contribution in [-0.2, 0) is 0 Å². The van der Waals surface area contributed by atoms with Gasteiger partial charge in [-0.3, -0.25) is 0 Å². The van der Waals surface area contributed by atoms with Crippen molar-refractivity contribution in [2.75, 3.05) is 0 Å². The van der Waals surface area contributed by atoms with Gasteiger partial charge in [-0.15, -0.1) is 0 Å². The van der Waals surface area contributed by atoms with E-state index in [9.17, 15) is 0 Å². The molecule has 0 nitrogen and oxygen atoms in total. The smallest absolute Gasteiger partial charge is 0.0443 e. The fourth-order valence-electron chi connectivity index (χ4n) is 5.59. The molecule has 0 aromatic rings. The van der Waals surface area contributed by atoms with Crippen molar-refractivity contribution < 1.29 is 0 Å². The van der Waals surface area contributed by atoms with E-state index in [0.29, 0.717) is 0 Å². The molecule has 0 saturated carbocycles. The lowest BCUT2D eigenvalue weighted by atomic mass is 9.95. The molecule has 0 heteroatoms. The van der Waals surface area contributed by atoms with Gasteiger partial charge in [0.15, 0.2) is 0 Å². The standard InChI is InChI=1S/C34H70/c1-5-7-9-11-13-14-15-18-22-26-30-34(4)32-28-24-20-16-19-23-27-31-33(3)29-25-21-17-12-10-8-6-2/h33-34H,5-32H2,1-4H3. The maximum atomic E-state index is 2.50. The van der Waals surface area contributed by atoms with E-state index >= 15 is 0 Å². The van der Waals surface area contributed by atoms with Crippen LogP contribution in [0.4, 0.5) is 0 Å². The first-order valence-electron chi connectivity index (χ1n) is 16.7. The molecule has 2 unspecified atom stereocenters. The summed E-state index contributed by atoms with van der Waals surface area (Å²) in [5.41, 5.74) is 0. The summed E-state index contributed by atoms with van der Waals surface area (Å²) >= 11 is 0. The van der Waals surface area contributed by atoms with E-state index in [-0.39, 0.29) is 0 Å². The minimum atomic E-state index is 0.965. The quantitative estimate of drug-likeness (QED) is 0.0937. The van der Waals surface area contributed by atoms with Crippen LogP contribution in [0.2, 0.25) is 0 Å². The molecule has 2 atom stereocenters. The molecule has 0 aromatic heterocycles.